The molecule has 0 radical (unpaired) electrons. The van der Waals surface area contributed by atoms with E-state index in [0.29, 0.717) is 13.0 Å². The number of likely N-dealkylation sites (tertiary alicyclic amines) is 1. The van der Waals surface area contributed by atoms with E-state index in [-0.39, 0.29) is 29.4 Å². The van der Waals surface area contributed by atoms with Crippen molar-refractivity contribution in [3.05, 3.63) is 59.8 Å². The van der Waals surface area contributed by atoms with E-state index in [1.807, 2.05) is 6.92 Å². The number of hydrogen-bond acceptors (Lipinski definition) is 3. The largest absolute Gasteiger partial charge is 0.459 e. The molecule has 1 aromatic heterocycles. The molecule has 1 fully saturated rings. The highest BCUT2D eigenvalue weighted by Gasteiger charge is 2.34. The lowest BCUT2D eigenvalue weighted by atomic mass is 10.00. The molecule has 1 aromatic carbocycles. The average Bonchev–Trinajstić information content (AvgIpc) is 3.16. The van der Waals surface area contributed by atoms with Crippen LogP contribution in [0.25, 0.3) is 0 Å². The smallest absolute Gasteiger partial charge is 0.290 e. The minimum absolute atomic E-state index is 0.198. The number of furan rings is 1. The van der Waals surface area contributed by atoms with E-state index in [2.05, 4.69) is 5.32 Å². The number of rotatable bonds is 4. The summed E-state index contributed by atoms with van der Waals surface area (Å²) >= 11 is 0. The summed E-state index contributed by atoms with van der Waals surface area (Å²) in [5.41, 5.74) is 0.814. The molecule has 0 spiro atoms. The molecule has 25 heavy (non-hydrogen) atoms. The third kappa shape index (κ3) is 3.90. The Balaban J connectivity index is 1.70. The highest BCUT2D eigenvalue weighted by atomic mass is 19.1. The Morgan fingerprint density at radius 2 is 2.00 bits per heavy atom. The van der Waals surface area contributed by atoms with Gasteiger partial charge in [-0.3, -0.25) is 9.59 Å². The summed E-state index contributed by atoms with van der Waals surface area (Å²) in [7, 11) is 0. The number of hydrogen-bond donors (Lipinski definition) is 1. The van der Waals surface area contributed by atoms with Gasteiger partial charge in [-0.05, 0) is 56.0 Å². The summed E-state index contributed by atoms with van der Waals surface area (Å²) in [5.74, 6) is -0.535. The van der Waals surface area contributed by atoms with Crippen molar-refractivity contribution in [1.82, 2.24) is 10.2 Å². The van der Waals surface area contributed by atoms with Gasteiger partial charge in [0.15, 0.2) is 5.76 Å². The standard InChI is InChI=1S/C19H21FN2O3/c1-13(14-7-9-15(20)10-8-14)21-18(23)16-5-2-3-11-22(16)19(24)17-6-4-12-25-17/h4,6-10,12-13,16H,2-3,5,11H2,1H3,(H,21,23)/t13-,16+/m0/s1. The number of amides is 2. The lowest BCUT2D eigenvalue weighted by molar-refractivity contribution is -0.127. The van der Waals surface area contributed by atoms with Gasteiger partial charge in [-0.2, -0.15) is 0 Å². The Kier molecular flexibility index (Phi) is 5.16. The number of carbonyl (C=O) groups is 2. The van der Waals surface area contributed by atoms with Crippen molar-refractivity contribution < 1.29 is 18.4 Å². The first-order chi connectivity index (χ1) is 12.1. The van der Waals surface area contributed by atoms with Gasteiger partial charge in [0.05, 0.1) is 12.3 Å². The van der Waals surface area contributed by atoms with Gasteiger partial charge in [-0.1, -0.05) is 12.1 Å². The fourth-order valence-corrected chi connectivity index (χ4v) is 3.13. The summed E-state index contributed by atoms with van der Waals surface area (Å²) < 4.78 is 18.2. The molecule has 1 saturated heterocycles. The molecule has 0 unspecified atom stereocenters. The lowest BCUT2D eigenvalue weighted by Crippen LogP contribution is -2.52. The summed E-state index contributed by atoms with van der Waals surface area (Å²) in [6.45, 7) is 2.37. The second kappa shape index (κ2) is 7.51. The topological polar surface area (TPSA) is 62.6 Å². The lowest BCUT2D eigenvalue weighted by Gasteiger charge is -2.34. The maximum absolute atomic E-state index is 13.0. The first-order valence-corrected chi connectivity index (χ1v) is 8.46. The Hall–Kier alpha value is -2.63. The number of carbonyl (C=O) groups excluding carboxylic acids is 2. The number of halogens is 1. The predicted octanol–water partition coefficient (Wildman–Crippen LogP) is 3.29. The molecule has 5 nitrogen and oxygen atoms in total. The molecule has 2 aromatic rings. The second-order valence-electron chi connectivity index (χ2n) is 6.27. The van der Waals surface area contributed by atoms with Crippen LogP contribution >= 0.6 is 0 Å². The predicted molar refractivity (Wildman–Crippen MR) is 90.3 cm³/mol. The normalized spacial score (nSPS) is 18.6. The molecule has 132 valence electrons. The van der Waals surface area contributed by atoms with Gasteiger partial charge in [-0.25, -0.2) is 4.39 Å². The van der Waals surface area contributed by atoms with Crippen LogP contribution in [0.4, 0.5) is 4.39 Å². The van der Waals surface area contributed by atoms with Crippen LogP contribution < -0.4 is 5.32 Å². The zero-order valence-corrected chi connectivity index (χ0v) is 14.1. The summed E-state index contributed by atoms with van der Waals surface area (Å²) in [5, 5.41) is 2.93. The molecule has 2 atom stereocenters. The maximum Gasteiger partial charge on any atom is 0.290 e. The van der Waals surface area contributed by atoms with Gasteiger partial charge < -0.3 is 14.6 Å². The molecule has 2 heterocycles. The van der Waals surface area contributed by atoms with E-state index in [4.69, 9.17) is 4.42 Å². The molecule has 6 heteroatoms. The van der Waals surface area contributed by atoms with E-state index in [1.54, 1.807) is 29.2 Å². The Labute approximate surface area is 145 Å². The molecule has 1 aliphatic heterocycles. The van der Waals surface area contributed by atoms with Crippen molar-refractivity contribution in [1.29, 1.82) is 0 Å². The van der Waals surface area contributed by atoms with Crippen molar-refractivity contribution in [2.45, 2.75) is 38.3 Å². The van der Waals surface area contributed by atoms with E-state index in [0.717, 1.165) is 18.4 Å². The molecule has 3 rings (SSSR count). The van der Waals surface area contributed by atoms with Gasteiger partial charge in [0.2, 0.25) is 5.91 Å². The Morgan fingerprint density at radius 1 is 1.24 bits per heavy atom. The van der Waals surface area contributed by atoms with Crippen molar-refractivity contribution >= 4 is 11.8 Å². The highest BCUT2D eigenvalue weighted by molar-refractivity contribution is 5.95. The first-order valence-electron chi connectivity index (χ1n) is 8.46. The molecule has 0 aliphatic carbocycles. The number of nitrogens with zero attached hydrogens (tertiary/aromatic N) is 1. The van der Waals surface area contributed by atoms with Crippen molar-refractivity contribution in [2.75, 3.05) is 6.54 Å². The van der Waals surface area contributed by atoms with Crippen LogP contribution in [-0.4, -0.2) is 29.3 Å². The van der Waals surface area contributed by atoms with Gasteiger partial charge in [0, 0.05) is 6.54 Å². The zero-order chi connectivity index (χ0) is 17.8. The molecule has 2 amide bonds. The molecular weight excluding hydrogens is 323 g/mol. The maximum atomic E-state index is 13.0. The fraction of sp³-hybridized carbons (Fsp3) is 0.368. The second-order valence-corrected chi connectivity index (χ2v) is 6.27. The van der Waals surface area contributed by atoms with Crippen LogP contribution in [0.15, 0.2) is 47.1 Å². The van der Waals surface area contributed by atoms with Gasteiger partial charge >= 0.3 is 0 Å². The monoisotopic (exact) mass is 344 g/mol. The van der Waals surface area contributed by atoms with Crippen molar-refractivity contribution in [2.24, 2.45) is 0 Å². The Bertz CT molecular complexity index is 728. The van der Waals surface area contributed by atoms with Crippen LogP contribution in [0.1, 0.15) is 48.3 Å². The van der Waals surface area contributed by atoms with Crippen LogP contribution in [0.3, 0.4) is 0 Å². The molecule has 1 aliphatic rings. The van der Waals surface area contributed by atoms with Crippen LogP contribution in [0, 0.1) is 5.82 Å². The highest BCUT2D eigenvalue weighted by Crippen LogP contribution is 2.21. The van der Waals surface area contributed by atoms with Gasteiger partial charge in [0.25, 0.3) is 5.91 Å². The minimum Gasteiger partial charge on any atom is -0.459 e. The van der Waals surface area contributed by atoms with Gasteiger partial charge in [0.1, 0.15) is 11.9 Å². The quantitative estimate of drug-likeness (QED) is 0.926. The number of benzene rings is 1. The Morgan fingerprint density at radius 3 is 2.68 bits per heavy atom. The van der Waals surface area contributed by atoms with Crippen LogP contribution in [-0.2, 0) is 4.79 Å². The molecule has 0 bridgehead atoms. The zero-order valence-electron chi connectivity index (χ0n) is 14.1. The summed E-state index contributed by atoms with van der Waals surface area (Å²) in [4.78, 5) is 26.9. The molecule has 1 N–H and O–H groups in total. The molecular formula is C19H21FN2O3. The summed E-state index contributed by atoms with van der Waals surface area (Å²) in [6.07, 6.45) is 3.83. The van der Waals surface area contributed by atoms with E-state index >= 15 is 0 Å². The molecule has 0 saturated carbocycles. The fourth-order valence-electron chi connectivity index (χ4n) is 3.13. The number of piperidine rings is 1. The van der Waals surface area contributed by atoms with Crippen molar-refractivity contribution in [3.8, 4) is 0 Å². The SMILES string of the molecule is C[C@H](NC(=O)[C@H]1CCCCN1C(=O)c1ccco1)c1ccc(F)cc1. The van der Waals surface area contributed by atoms with E-state index in [9.17, 15) is 14.0 Å². The van der Waals surface area contributed by atoms with Crippen molar-refractivity contribution in [3.63, 3.8) is 0 Å². The van der Waals surface area contributed by atoms with Gasteiger partial charge in [-0.15, -0.1) is 0 Å². The average molecular weight is 344 g/mol. The first kappa shape index (κ1) is 17.2. The van der Waals surface area contributed by atoms with Crippen LogP contribution in [0.2, 0.25) is 0 Å². The minimum atomic E-state index is -0.519. The van der Waals surface area contributed by atoms with E-state index < -0.39 is 6.04 Å². The third-order valence-corrected chi connectivity index (χ3v) is 4.53. The summed E-state index contributed by atoms with van der Waals surface area (Å²) in [6, 6.07) is 8.50. The van der Waals surface area contributed by atoms with Crippen LogP contribution in [0.5, 0.6) is 0 Å². The number of nitrogens with one attached hydrogen (secondary N) is 1. The van der Waals surface area contributed by atoms with E-state index in [1.165, 1.54) is 18.4 Å². The third-order valence-electron chi connectivity index (χ3n) is 4.53.